The average Bonchev–Trinajstić information content (AvgIpc) is 3.67. The fraction of sp³-hybridized carbons (Fsp3) is 0.188. The smallest absolute Gasteiger partial charge is 0.126 e. The van der Waals surface area contributed by atoms with Gasteiger partial charge < -0.3 is 15.5 Å². The quantitative estimate of drug-likeness (QED) is 0.202. The van der Waals surface area contributed by atoms with Crippen molar-refractivity contribution in [2.45, 2.75) is 56.4 Å². The van der Waals surface area contributed by atoms with Gasteiger partial charge in [-0.1, -0.05) is 165 Å². The van der Waals surface area contributed by atoms with Gasteiger partial charge >= 0.3 is 0 Å². The van der Waals surface area contributed by atoms with Gasteiger partial charge in [0.05, 0.1) is 11.7 Å². The molecule has 5 aromatic carbocycles. The molecule has 5 aromatic rings. The van der Waals surface area contributed by atoms with E-state index in [0.29, 0.717) is 0 Å². The summed E-state index contributed by atoms with van der Waals surface area (Å²) in [6.45, 7) is 4.75. The SMILES string of the molecule is CC1(C)c2ccccc2-c2c1ccc1c2N(c2cccc(C3=NC(C4=CC=CCC4)[N-]C(c4ccccc4)N3)c2)C2C=CC(c3ccccc3)=CC12. The van der Waals surface area contributed by atoms with E-state index in [4.69, 9.17) is 10.3 Å². The first kappa shape index (κ1) is 31.1. The van der Waals surface area contributed by atoms with Gasteiger partial charge in [-0.2, -0.15) is 0 Å². The molecule has 0 fully saturated rings. The Morgan fingerprint density at radius 3 is 2.42 bits per heavy atom. The fourth-order valence-corrected chi connectivity index (χ4v) is 9.07. The van der Waals surface area contributed by atoms with Crippen LogP contribution < -0.4 is 10.2 Å². The van der Waals surface area contributed by atoms with E-state index in [1.54, 1.807) is 0 Å². The highest BCUT2D eigenvalue weighted by atomic mass is 15.3. The second-order valence-corrected chi connectivity index (χ2v) is 15.0. The van der Waals surface area contributed by atoms with Crippen molar-refractivity contribution < 1.29 is 0 Å². The summed E-state index contributed by atoms with van der Waals surface area (Å²) in [6, 6.07) is 44.3. The van der Waals surface area contributed by atoms with Gasteiger partial charge in [0.25, 0.3) is 0 Å². The molecule has 3 aliphatic carbocycles. The monoisotopic (exact) mass is 673 g/mol. The summed E-state index contributed by atoms with van der Waals surface area (Å²) in [7, 11) is 0. The molecule has 10 rings (SSSR count). The number of rotatable bonds is 5. The number of allylic oxidation sites excluding steroid dienone is 5. The van der Waals surface area contributed by atoms with Crippen molar-refractivity contribution in [1.82, 2.24) is 5.32 Å². The maximum Gasteiger partial charge on any atom is 0.126 e. The van der Waals surface area contributed by atoms with Gasteiger partial charge in [-0.05, 0) is 76.3 Å². The average molecular weight is 674 g/mol. The zero-order valence-corrected chi connectivity index (χ0v) is 29.6. The van der Waals surface area contributed by atoms with E-state index in [9.17, 15) is 0 Å². The minimum absolute atomic E-state index is 0.0855. The molecule has 0 bridgehead atoms. The lowest BCUT2D eigenvalue weighted by Crippen LogP contribution is -2.37. The van der Waals surface area contributed by atoms with Gasteiger partial charge in [0.15, 0.2) is 0 Å². The molecule has 4 unspecified atom stereocenters. The Bertz CT molecular complexity index is 2360. The number of hydrogen-bond donors (Lipinski definition) is 1. The Morgan fingerprint density at radius 1 is 0.808 bits per heavy atom. The Labute approximate surface area is 306 Å². The van der Waals surface area contributed by atoms with E-state index < -0.39 is 0 Å². The van der Waals surface area contributed by atoms with Crippen LogP contribution in [0.4, 0.5) is 11.4 Å². The number of nitrogens with one attached hydrogen (secondary N) is 1. The van der Waals surface area contributed by atoms with Crippen molar-refractivity contribution in [2.75, 3.05) is 4.90 Å². The Balaban J connectivity index is 1.12. The summed E-state index contributed by atoms with van der Waals surface area (Å²) >= 11 is 0. The number of hydrogen-bond acceptors (Lipinski definition) is 3. The highest BCUT2D eigenvalue weighted by Gasteiger charge is 2.45. The molecule has 2 heterocycles. The van der Waals surface area contributed by atoms with Crippen LogP contribution in [0.5, 0.6) is 0 Å². The van der Waals surface area contributed by atoms with Crippen molar-refractivity contribution in [1.29, 1.82) is 0 Å². The summed E-state index contributed by atoms with van der Waals surface area (Å²) in [6.07, 6.45) is 15.4. The fourth-order valence-electron chi connectivity index (χ4n) is 9.07. The van der Waals surface area contributed by atoms with Crippen LogP contribution in [0, 0.1) is 0 Å². The third-order valence-electron chi connectivity index (χ3n) is 11.7. The molecule has 0 saturated heterocycles. The second-order valence-electron chi connectivity index (χ2n) is 15.0. The van der Waals surface area contributed by atoms with Crippen LogP contribution in [-0.2, 0) is 5.41 Å². The van der Waals surface area contributed by atoms with Crippen molar-refractivity contribution in [2.24, 2.45) is 4.99 Å². The van der Waals surface area contributed by atoms with E-state index in [1.165, 1.54) is 55.9 Å². The molecule has 4 heteroatoms. The van der Waals surface area contributed by atoms with E-state index in [1.807, 2.05) is 0 Å². The summed E-state index contributed by atoms with van der Waals surface area (Å²) < 4.78 is 0. The molecule has 0 saturated carbocycles. The van der Waals surface area contributed by atoms with E-state index in [-0.39, 0.29) is 29.7 Å². The first-order valence-corrected chi connectivity index (χ1v) is 18.6. The molecular weight excluding hydrogens is 633 g/mol. The van der Waals surface area contributed by atoms with Crippen LogP contribution in [0.3, 0.4) is 0 Å². The van der Waals surface area contributed by atoms with E-state index in [0.717, 1.165) is 29.8 Å². The Morgan fingerprint density at radius 2 is 1.60 bits per heavy atom. The third-order valence-corrected chi connectivity index (χ3v) is 11.7. The molecule has 0 aromatic heterocycles. The largest absolute Gasteiger partial charge is 0.613 e. The maximum absolute atomic E-state index is 5.29. The van der Waals surface area contributed by atoms with E-state index in [2.05, 4.69) is 182 Å². The minimum Gasteiger partial charge on any atom is -0.613 e. The Hall–Kier alpha value is -5.71. The normalized spacial score (nSPS) is 23.4. The predicted molar refractivity (Wildman–Crippen MR) is 215 cm³/mol. The van der Waals surface area contributed by atoms with Gasteiger partial charge in [-0.15, -0.1) is 0 Å². The van der Waals surface area contributed by atoms with Crippen LogP contribution in [0.15, 0.2) is 168 Å². The zero-order valence-electron chi connectivity index (χ0n) is 29.6. The lowest BCUT2D eigenvalue weighted by atomic mass is 9.81. The van der Waals surface area contributed by atoms with Crippen LogP contribution in [-0.4, -0.2) is 18.0 Å². The molecule has 5 aliphatic rings. The third kappa shape index (κ3) is 4.97. The minimum atomic E-state index is -0.225. The number of fused-ring (bicyclic) bond motifs is 7. The summed E-state index contributed by atoms with van der Waals surface area (Å²) in [5, 5.41) is 8.95. The molecule has 0 spiro atoms. The molecule has 1 N–H and O–H groups in total. The summed E-state index contributed by atoms with van der Waals surface area (Å²) in [5.41, 5.74) is 15.3. The second kappa shape index (κ2) is 12.2. The number of anilines is 2. The van der Waals surface area contributed by atoms with E-state index >= 15 is 0 Å². The van der Waals surface area contributed by atoms with Gasteiger partial charge in [0, 0.05) is 28.1 Å². The first-order valence-electron chi connectivity index (χ1n) is 18.6. The number of amidine groups is 1. The van der Waals surface area contributed by atoms with Gasteiger partial charge in [-0.25, -0.2) is 0 Å². The highest BCUT2D eigenvalue weighted by molar-refractivity contribution is 6.02. The van der Waals surface area contributed by atoms with Crippen molar-refractivity contribution >= 4 is 22.8 Å². The zero-order chi connectivity index (χ0) is 34.8. The molecule has 2 aliphatic heterocycles. The summed E-state index contributed by atoms with van der Waals surface area (Å²) in [4.78, 5) is 7.90. The van der Waals surface area contributed by atoms with Gasteiger partial charge in [0.1, 0.15) is 5.84 Å². The molecule has 254 valence electrons. The molecule has 4 nitrogen and oxygen atoms in total. The molecule has 4 atom stereocenters. The molecule has 52 heavy (non-hydrogen) atoms. The van der Waals surface area contributed by atoms with Crippen molar-refractivity contribution in [3.63, 3.8) is 0 Å². The lowest BCUT2D eigenvalue weighted by molar-refractivity contribution is 0.636. The van der Waals surface area contributed by atoms with Crippen LogP contribution in [0.2, 0.25) is 0 Å². The predicted octanol–water partition coefficient (Wildman–Crippen LogP) is 11.3. The van der Waals surface area contributed by atoms with Crippen LogP contribution in [0.25, 0.3) is 22.0 Å². The maximum atomic E-state index is 5.29. The topological polar surface area (TPSA) is 41.7 Å². The van der Waals surface area contributed by atoms with Gasteiger partial charge in [0.2, 0.25) is 0 Å². The number of aliphatic imine (C=N–C) groups is 1. The van der Waals surface area contributed by atoms with Gasteiger partial charge in [-0.3, -0.25) is 4.99 Å². The lowest BCUT2D eigenvalue weighted by Gasteiger charge is -2.45. The number of benzene rings is 5. The van der Waals surface area contributed by atoms with Crippen LogP contribution in [0.1, 0.15) is 72.2 Å². The summed E-state index contributed by atoms with van der Waals surface area (Å²) in [5.74, 6) is 1.10. The molecule has 0 amide bonds. The number of nitrogens with zero attached hydrogens (tertiary/aromatic N) is 3. The molecular formula is C48H41N4-. The first-order chi connectivity index (χ1) is 25.5. The van der Waals surface area contributed by atoms with Crippen molar-refractivity contribution in [3.8, 4) is 11.1 Å². The van der Waals surface area contributed by atoms with Crippen molar-refractivity contribution in [3.05, 3.63) is 202 Å². The van der Waals surface area contributed by atoms with Crippen LogP contribution >= 0.6 is 0 Å². The Kier molecular flexibility index (Phi) is 7.29. The highest BCUT2D eigenvalue weighted by Crippen LogP contribution is 2.59. The standard InChI is InChI=1S/C48H41N4/c1-48(2)40-24-13-12-23-38(40)43-41(48)27-26-37-39-30-34(31-15-6-3-7-16-31)25-28-42(39)52(44(37)43)36-22-14-21-35(29-36)47-50-45(32-17-8-4-9-18-32)49-46(51-47)33-19-10-5-11-20-33/h3-10,12-19,21-30,39,42,45-46H,11,20H2,1-2H3,(H,50,51)/q-1. The molecule has 0 radical (unpaired) electrons.